The molecule has 2 heterocycles. The Labute approximate surface area is 100 Å². The van der Waals surface area contributed by atoms with Gasteiger partial charge in [0, 0.05) is 25.0 Å². The van der Waals surface area contributed by atoms with E-state index < -0.39 is 0 Å². The number of nitrogens with zero attached hydrogens (tertiary/aromatic N) is 3. The van der Waals surface area contributed by atoms with E-state index in [2.05, 4.69) is 20.2 Å². The quantitative estimate of drug-likeness (QED) is 0.760. The molecular weight excluding hydrogens is 218 g/mol. The number of amides is 1. The molecule has 2 rings (SSSR count). The topological polar surface area (TPSA) is 84.1 Å². The molecule has 6 nitrogen and oxygen atoms in total. The highest BCUT2D eigenvalue weighted by Crippen LogP contribution is 2.07. The van der Waals surface area contributed by atoms with Gasteiger partial charge in [0.25, 0.3) is 0 Å². The van der Waals surface area contributed by atoms with E-state index in [1.807, 2.05) is 0 Å². The Kier molecular flexibility index (Phi) is 4.00. The summed E-state index contributed by atoms with van der Waals surface area (Å²) >= 11 is 0. The van der Waals surface area contributed by atoms with Crippen LogP contribution in [0.3, 0.4) is 0 Å². The smallest absolute Gasteiger partial charge is 0.240 e. The van der Waals surface area contributed by atoms with Gasteiger partial charge in [-0.05, 0) is 25.5 Å². The zero-order chi connectivity index (χ0) is 12.1. The first kappa shape index (κ1) is 11.9. The van der Waals surface area contributed by atoms with Crippen LogP contribution in [-0.2, 0) is 4.79 Å². The number of aromatic nitrogens is 2. The van der Waals surface area contributed by atoms with Crippen molar-refractivity contribution < 1.29 is 4.79 Å². The Bertz CT molecular complexity index is 369. The van der Waals surface area contributed by atoms with Crippen LogP contribution in [0.1, 0.15) is 12.8 Å². The summed E-state index contributed by atoms with van der Waals surface area (Å²) in [6.07, 6.45) is 5.29. The summed E-state index contributed by atoms with van der Waals surface area (Å²) in [5.74, 6) is 0.254. The maximum Gasteiger partial charge on any atom is 0.240 e. The Hall–Kier alpha value is -1.53. The van der Waals surface area contributed by atoms with Crippen molar-refractivity contribution in [2.24, 2.45) is 5.73 Å². The van der Waals surface area contributed by atoms with Gasteiger partial charge in [-0.2, -0.15) is 0 Å². The maximum absolute atomic E-state index is 11.7. The molecule has 92 valence electrons. The third kappa shape index (κ3) is 3.76. The van der Waals surface area contributed by atoms with E-state index in [-0.39, 0.29) is 11.9 Å². The molecular formula is C11H17N5O. The lowest BCUT2D eigenvalue weighted by atomic mass is 10.1. The minimum Gasteiger partial charge on any atom is -0.327 e. The van der Waals surface area contributed by atoms with Crippen LogP contribution in [0.4, 0.5) is 5.95 Å². The molecule has 0 saturated carbocycles. The molecule has 17 heavy (non-hydrogen) atoms. The summed E-state index contributed by atoms with van der Waals surface area (Å²) in [6.45, 7) is 2.06. The Morgan fingerprint density at radius 3 is 3.00 bits per heavy atom. The Morgan fingerprint density at radius 1 is 1.53 bits per heavy atom. The molecule has 0 aliphatic carbocycles. The Morgan fingerprint density at radius 2 is 2.29 bits per heavy atom. The monoisotopic (exact) mass is 235 g/mol. The summed E-state index contributed by atoms with van der Waals surface area (Å²) < 4.78 is 0. The summed E-state index contributed by atoms with van der Waals surface area (Å²) in [5, 5.41) is 2.66. The first-order chi connectivity index (χ1) is 8.24. The lowest BCUT2D eigenvalue weighted by Gasteiger charge is -2.29. The molecule has 1 atom stereocenters. The molecule has 1 amide bonds. The van der Waals surface area contributed by atoms with Gasteiger partial charge in [0.1, 0.15) is 0 Å². The first-order valence-electron chi connectivity index (χ1n) is 5.79. The molecule has 0 radical (unpaired) electrons. The lowest BCUT2D eigenvalue weighted by Crippen LogP contribution is -2.45. The van der Waals surface area contributed by atoms with Gasteiger partial charge < -0.3 is 5.73 Å². The van der Waals surface area contributed by atoms with Gasteiger partial charge in [-0.1, -0.05) is 0 Å². The average Bonchev–Trinajstić information content (AvgIpc) is 2.30. The van der Waals surface area contributed by atoms with E-state index >= 15 is 0 Å². The molecule has 1 aromatic heterocycles. The fourth-order valence-electron chi connectivity index (χ4n) is 1.97. The fourth-order valence-corrected chi connectivity index (χ4v) is 1.97. The number of nitrogens with two attached hydrogens (primary N) is 1. The van der Waals surface area contributed by atoms with E-state index in [9.17, 15) is 4.79 Å². The number of likely N-dealkylation sites (tertiary alicyclic amines) is 1. The zero-order valence-corrected chi connectivity index (χ0v) is 9.67. The van der Waals surface area contributed by atoms with Crippen LogP contribution >= 0.6 is 0 Å². The predicted molar refractivity (Wildman–Crippen MR) is 64.3 cm³/mol. The number of hydrogen-bond donors (Lipinski definition) is 2. The van der Waals surface area contributed by atoms with Gasteiger partial charge in [0.15, 0.2) is 0 Å². The van der Waals surface area contributed by atoms with Crippen LogP contribution in [0.5, 0.6) is 0 Å². The molecule has 1 aliphatic heterocycles. The maximum atomic E-state index is 11.7. The van der Waals surface area contributed by atoms with Gasteiger partial charge in [-0.25, -0.2) is 9.97 Å². The molecule has 6 heteroatoms. The van der Waals surface area contributed by atoms with Crippen molar-refractivity contribution in [2.45, 2.75) is 18.9 Å². The molecule has 0 bridgehead atoms. The summed E-state index contributed by atoms with van der Waals surface area (Å²) in [7, 11) is 0. The highest BCUT2D eigenvalue weighted by Gasteiger charge is 2.18. The number of hydrogen-bond acceptors (Lipinski definition) is 5. The summed E-state index contributed by atoms with van der Waals surface area (Å²) in [4.78, 5) is 21.7. The lowest BCUT2D eigenvalue weighted by molar-refractivity contribution is -0.117. The number of carbonyl (C=O) groups excluding carboxylic acids is 1. The van der Waals surface area contributed by atoms with E-state index in [4.69, 9.17) is 5.73 Å². The number of carbonyl (C=O) groups is 1. The fraction of sp³-hybridized carbons (Fsp3) is 0.545. The number of anilines is 1. The molecule has 1 aromatic rings. The second kappa shape index (κ2) is 5.70. The van der Waals surface area contributed by atoms with Crippen LogP contribution in [0.2, 0.25) is 0 Å². The molecule has 1 saturated heterocycles. The van der Waals surface area contributed by atoms with Gasteiger partial charge in [0.2, 0.25) is 11.9 Å². The molecule has 3 N–H and O–H groups in total. The van der Waals surface area contributed by atoms with Crippen molar-refractivity contribution in [3.63, 3.8) is 0 Å². The van der Waals surface area contributed by atoms with E-state index in [0.717, 1.165) is 25.9 Å². The SMILES string of the molecule is NC1CCCN(CC(=O)Nc2ncccn2)C1. The van der Waals surface area contributed by atoms with E-state index in [1.165, 1.54) is 0 Å². The van der Waals surface area contributed by atoms with Crippen molar-refractivity contribution in [2.75, 3.05) is 25.0 Å². The number of rotatable bonds is 3. The van der Waals surface area contributed by atoms with Crippen LogP contribution in [0.25, 0.3) is 0 Å². The van der Waals surface area contributed by atoms with E-state index in [1.54, 1.807) is 18.5 Å². The normalized spacial score (nSPS) is 21.1. The van der Waals surface area contributed by atoms with Gasteiger partial charge in [-0.3, -0.25) is 15.0 Å². The third-order valence-electron chi connectivity index (χ3n) is 2.73. The van der Waals surface area contributed by atoms with Crippen LogP contribution in [-0.4, -0.2) is 46.5 Å². The van der Waals surface area contributed by atoms with Crippen molar-refractivity contribution >= 4 is 11.9 Å². The third-order valence-corrected chi connectivity index (χ3v) is 2.73. The standard InChI is InChI=1S/C11H17N5O/c12-9-3-1-6-16(7-9)8-10(17)15-11-13-4-2-5-14-11/h2,4-5,9H,1,3,6-8,12H2,(H,13,14,15,17). The second-order valence-electron chi connectivity index (χ2n) is 4.26. The molecule has 1 aliphatic rings. The van der Waals surface area contributed by atoms with Crippen molar-refractivity contribution in [1.29, 1.82) is 0 Å². The zero-order valence-electron chi connectivity index (χ0n) is 9.67. The van der Waals surface area contributed by atoms with Crippen molar-refractivity contribution in [3.05, 3.63) is 18.5 Å². The van der Waals surface area contributed by atoms with Gasteiger partial charge >= 0.3 is 0 Å². The molecule has 1 fully saturated rings. The Balaban J connectivity index is 1.81. The largest absolute Gasteiger partial charge is 0.327 e. The molecule has 0 aromatic carbocycles. The van der Waals surface area contributed by atoms with Gasteiger partial charge in [0.05, 0.1) is 6.54 Å². The number of nitrogens with one attached hydrogen (secondary N) is 1. The van der Waals surface area contributed by atoms with Crippen LogP contribution in [0, 0.1) is 0 Å². The van der Waals surface area contributed by atoms with Crippen LogP contribution < -0.4 is 11.1 Å². The molecule has 1 unspecified atom stereocenters. The summed E-state index contributed by atoms with van der Waals surface area (Å²) in [5.41, 5.74) is 5.86. The average molecular weight is 235 g/mol. The number of piperidine rings is 1. The highest BCUT2D eigenvalue weighted by molar-refractivity contribution is 5.90. The molecule has 0 spiro atoms. The van der Waals surface area contributed by atoms with Crippen molar-refractivity contribution in [3.8, 4) is 0 Å². The highest BCUT2D eigenvalue weighted by atomic mass is 16.2. The van der Waals surface area contributed by atoms with E-state index in [0.29, 0.717) is 12.5 Å². The minimum atomic E-state index is -0.0923. The van der Waals surface area contributed by atoms with Crippen LogP contribution in [0.15, 0.2) is 18.5 Å². The van der Waals surface area contributed by atoms with Crippen molar-refractivity contribution in [1.82, 2.24) is 14.9 Å². The summed E-state index contributed by atoms with van der Waals surface area (Å²) in [6, 6.07) is 1.89. The van der Waals surface area contributed by atoms with Gasteiger partial charge in [-0.15, -0.1) is 0 Å². The predicted octanol–water partition coefficient (Wildman–Crippen LogP) is -0.162. The first-order valence-corrected chi connectivity index (χ1v) is 5.79. The second-order valence-corrected chi connectivity index (χ2v) is 4.26. The minimum absolute atomic E-state index is 0.0923.